The van der Waals surface area contributed by atoms with Crippen molar-refractivity contribution < 1.29 is 0 Å². The van der Waals surface area contributed by atoms with Gasteiger partial charge in [0.15, 0.2) is 5.65 Å². The van der Waals surface area contributed by atoms with Crippen LogP contribution in [0.3, 0.4) is 0 Å². The molecule has 0 amide bonds. The average Bonchev–Trinajstić information content (AvgIpc) is 3.01. The zero-order valence-electron chi connectivity index (χ0n) is 12.9. The van der Waals surface area contributed by atoms with Gasteiger partial charge in [0, 0.05) is 42.0 Å². The highest BCUT2D eigenvalue weighted by atomic mass is 15.3. The quantitative estimate of drug-likeness (QED) is 0.626. The third kappa shape index (κ3) is 2.17. The number of hydrogen-bond donors (Lipinski definition) is 1. The zero-order valence-corrected chi connectivity index (χ0v) is 12.9. The van der Waals surface area contributed by atoms with Gasteiger partial charge in [0.05, 0.1) is 11.7 Å². The number of rotatable bonds is 3. The van der Waals surface area contributed by atoms with Gasteiger partial charge < -0.3 is 5.32 Å². The molecule has 4 aromatic rings. The fourth-order valence-corrected chi connectivity index (χ4v) is 2.95. The van der Waals surface area contributed by atoms with Crippen molar-refractivity contribution in [1.82, 2.24) is 29.5 Å². The Labute approximate surface area is 137 Å². The van der Waals surface area contributed by atoms with Gasteiger partial charge in [0.25, 0.3) is 0 Å². The molecule has 0 radical (unpaired) electrons. The van der Waals surface area contributed by atoms with Crippen molar-refractivity contribution in [3.63, 3.8) is 0 Å². The Bertz CT molecular complexity index is 1040. The second-order valence-corrected chi connectivity index (χ2v) is 6.04. The van der Waals surface area contributed by atoms with E-state index in [9.17, 15) is 0 Å². The van der Waals surface area contributed by atoms with E-state index in [1.54, 1.807) is 12.4 Å². The molecule has 24 heavy (non-hydrogen) atoms. The van der Waals surface area contributed by atoms with E-state index >= 15 is 0 Å². The molecule has 4 aromatic heterocycles. The molecule has 0 bridgehead atoms. The molecular formula is C17H15N7. The van der Waals surface area contributed by atoms with E-state index in [1.165, 1.54) is 19.3 Å². The molecule has 0 unspecified atom stereocenters. The smallest absolute Gasteiger partial charge is 0.241 e. The molecule has 1 aliphatic carbocycles. The normalized spacial score (nSPS) is 14.8. The molecule has 0 saturated heterocycles. The van der Waals surface area contributed by atoms with E-state index in [-0.39, 0.29) is 0 Å². The first-order valence-electron chi connectivity index (χ1n) is 8.05. The summed E-state index contributed by atoms with van der Waals surface area (Å²) in [6, 6.07) is 4.53. The lowest BCUT2D eigenvalue weighted by atomic mass is 9.93. The summed E-state index contributed by atoms with van der Waals surface area (Å²) in [5.74, 6) is 0.678. The summed E-state index contributed by atoms with van der Waals surface area (Å²) in [4.78, 5) is 17.4. The number of pyridine rings is 1. The SMILES string of the molecule is c1cnc2ncc(-c3ccn4nc(NC5CCC5)ncc34)cc2n1. The number of hydrogen-bond acceptors (Lipinski definition) is 6. The van der Waals surface area contributed by atoms with Gasteiger partial charge in [-0.25, -0.2) is 19.5 Å². The fourth-order valence-electron chi connectivity index (χ4n) is 2.95. The Hall–Kier alpha value is -3.09. The summed E-state index contributed by atoms with van der Waals surface area (Å²) in [6.45, 7) is 0. The standard InChI is InChI=1S/C17H15N7/c1-2-12(3-1)22-17-21-10-15-13(4-7-24(15)23-17)11-8-14-16(20-9-11)19-6-5-18-14/h4-10,12H,1-3H2,(H,22,23). The van der Waals surface area contributed by atoms with Crippen molar-refractivity contribution >= 4 is 22.6 Å². The Morgan fingerprint density at radius 1 is 1.04 bits per heavy atom. The molecule has 1 saturated carbocycles. The van der Waals surface area contributed by atoms with Crippen molar-refractivity contribution in [2.45, 2.75) is 25.3 Å². The minimum atomic E-state index is 0.515. The predicted octanol–water partition coefficient (Wildman–Crippen LogP) is 2.70. The van der Waals surface area contributed by atoms with Crippen LogP contribution in [0.2, 0.25) is 0 Å². The summed E-state index contributed by atoms with van der Waals surface area (Å²) in [5.41, 5.74) is 4.38. The van der Waals surface area contributed by atoms with Crippen LogP contribution in [-0.4, -0.2) is 35.6 Å². The molecular weight excluding hydrogens is 302 g/mol. The first kappa shape index (κ1) is 13.4. The second kappa shape index (κ2) is 5.23. The molecule has 4 heterocycles. The van der Waals surface area contributed by atoms with Gasteiger partial charge in [-0.3, -0.25) is 4.98 Å². The minimum Gasteiger partial charge on any atom is -0.350 e. The highest BCUT2D eigenvalue weighted by Crippen LogP contribution is 2.27. The molecule has 5 rings (SSSR count). The van der Waals surface area contributed by atoms with Crippen molar-refractivity contribution in [2.24, 2.45) is 0 Å². The Morgan fingerprint density at radius 3 is 2.83 bits per heavy atom. The summed E-state index contributed by atoms with van der Waals surface area (Å²) in [6.07, 6.45) is 12.6. The van der Waals surface area contributed by atoms with Crippen LogP contribution in [0.4, 0.5) is 5.95 Å². The van der Waals surface area contributed by atoms with Crippen LogP contribution in [0, 0.1) is 0 Å². The highest BCUT2D eigenvalue weighted by Gasteiger charge is 2.18. The van der Waals surface area contributed by atoms with Gasteiger partial charge in [0.2, 0.25) is 5.95 Å². The molecule has 7 heteroatoms. The molecule has 0 spiro atoms. The van der Waals surface area contributed by atoms with Gasteiger partial charge in [0.1, 0.15) is 5.52 Å². The van der Waals surface area contributed by atoms with Crippen LogP contribution in [-0.2, 0) is 0 Å². The van der Waals surface area contributed by atoms with Gasteiger partial charge in [-0.2, -0.15) is 0 Å². The van der Waals surface area contributed by atoms with Crippen molar-refractivity contribution in [3.05, 3.63) is 43.1 Å². The number of nitrogens with one attached hydrogen (secondary N) is 1. The van der Waals surface area contributed by atoms with E-state index in [1.807, 2.05) is 35.2 Å². The van der Waals surface area contributed by atoms with E-state index in [0.717, 1.165) is 22.2 Å². The first-order chi connectivity index (χ1) is 11.9. The predicted molar refractivity (Wildman–Crippen MR) is 90.6 cm³/mol. The lowest BCUT2D eigenvalue weighted by molar-refractivity contribution is 0.442. The molecule has 1 N–H and O–H groups in total. The monoisotopic (exact) mass is 317 g/mol. The lowest BCUT2D eigenvalue weighted by Gasteiger charge is -2.26. The van der Waals surface area contributed by atoms with E-state index in [0.29, 0.717) is 17.6 Å². The number of anilines is 1. The van der Waals surface area contributed by atoms with Crippen LogP contribution in [0.1, 0.15) is 19.3 Å². The van der Waals surface area contributed by atoms with Crippen LogP contribution in [0.25, 0.3) is 27.8 Å². The maximum atomic E-state index is 4.55. The van der Waals surface area contributed by atoms with Gasteiger partial charge in [-0.05, 0) is 31.4 Å². The van der Waals surface area contributed by atoms with Crippen LogP contribution in [0.5, 0.6) is 0 Å². The third-order valence-electron chi connectivity index (χ3n) is 4.49. The molecule has 0 atom stereocenters. The maximum absolute atomic E-state index is 4.55. The lowest BCUT2D eigenvalue weighted by Crippen LogP contribution is -2.28. The number of fused-ring (bicyclic) bond motifs is 2. The molecule has 1 aliphatic rings. The van der Waals surface area contributed by atoms with Crippen molar-refractivity contribution in [3.8, 4) is 11.1 Å². The second-order valence-electron chi connectivity index (χ2n) is 6.04. The average molecular weight is 317 g/mol. The molecule has 0 aliphatic heterocycles. The zero-order chi connectivity index (χ0) is 15.9. The van der Waals surface area contributed by atoms with Crippen LogP contribution in [0.15, 0.2) is 43.1 Å². The fraction of sp³-hybridized carbons (Fsp3) is 0.235. The first-order valence-corrected chi connectivity index (χ1v) is 8.05. The summed E-state index contributed by atoms with van der Waals surface area (Å²) >= 11 is 0. The maximum Gasteiger partial charge on any atom is 0.241 e. The number of nitrogens with zero attached hydrogens (tertiary/aromatic N) is 6. The minimum absolute atomic E-state index is 0.515. The van der Waals surface area contributed by atoms with Gasteiger partial charge >= 0.3 is 0 Å². The van der Waals surface area contributed by atoms with Crippen LogP contribution >= 0.6 is 0 Å². The van der Waals surface area contributed by atoms with Crippen molar-refractivity contribution in [1.29, 1.82) is 0 Å². The summed E-state index contributed by atoms with van der Waals surface area (Å²) < 4.78 is 1.85. The van der Waals surface area contributed by atoms with Crippen molar-refractivity contribution in [2.75, 3.05) is 5.32 Å². The topological polar surface area (TPSA) is 80.9 Å². The van der Waals surface area contributed by atoms with E-state index in [4.69, 9.17) is 0 Å². The highest BCUT2D eigenvalue weighted by molar-refractivity contribution is 5.84. The summed E-state index contributed by atoms with van der Waals surface area (Å²) in [5, 5.41) is 7.92. The third-order valence-corrected chi connectivity index (χ3v) is 4.49. The van der Waals surface area contributed by atoms with Crippen LogP contribution < -0.4 is 5.32 Å². The van der Waals surface area contributed by atoms with E-state index in [2.05, 4.69) is 30.4 Å². The molecule has 1 fully saturated rings. The van der Waals surface area contributed by atoms with E-state index < -0.39 is 0 Å². The Balaban J connectivity index is 1.55. The Kier molecular flexibility index (Phi) is 2.91. The molecule has 7 nitrogen and oxygen atoms in total. The summed E-state index contributed by atoms with van der Waals surface area (Å²) in [7, 11) is 0. The Morgan fingerprint density at radius 2 is 1.96 bits per heavy atom. The molecule has 0 aromatic carbocycles. The molecule has 118 valence electrons. The van der Waals surface area contributed by atoms with Gasteiger partial charge in [-0.15, -0.1) is 5.10 Å². The van der Waals surface area contributed by atoms with Gasteiger partial charge in [-0.1, -0.05) is 0 Å². The largest absolute Gasteiger partial charge is 0.350 e. The number of aromatic nitrogens is 6.